The van der Waals surface area contributed by atoms with Crippen molar-refractivity contribution in [1.29, 1.82) is 0 Å². The van der Waals surface area contributed by atoms with E-state index in [0.29, 0.717) is 11.8 Å². The van der Waals surface area contributed by atoms with E-state index in [1.165, 1.54) is 0 Å². The van der Waals surface area contributed by atoms with Gasteiger partial charge in [-0.05, 0) is 37.2 Å². The summed E-state index contributed by atoms with van der Waals surface area (Å²) >= 11 is 0. The first-order valence-corrected chi connectivity index (χ1v) is 6.92. The predicted molar refractivity (Wildman–Crippen MR) is 74.2 cm³/mol. The van der Waals surface area contributed by atoms with E-state index in [0.717, 1.165) is 31.4 Å². The first kappa shape index (κ1) is 14.8. The fourth-order valence-electron chi connectivity index (χ4n) is 3.09. The fourth-order valence-corrected chi connectivity index (χ4v) is 3.09. The number of nitrogen functional groups attached to an aromatic ring is 1. The minimum atomic E-state index is -1.06. The lowest BCUT2D eigenvalue weighted by atomic mass is 9.80. The van der Waals surface area contributed by atoms with Crippen molar-refractivity contribution in [2.45, 2.75) is 39.2 Å². The van der Waals surface area contributed by atoms with Gasteiger partial charge in [0, 0.05) is 17.8 Å². The zero-order valence-electron chi connectivity index (χ0n) is 11.7. The molecular weight excluding hydrogens is 262 g/mol. The van der Waals surface area contributed by atoms with Gasteiger partial charge in [-0.1, -0.05) is 13.8 Å². The Labute approximate surface area is 117 Å². The van der Waals surface area contributed by atoms with Gasteiger partial charge in [-0.2, -0.15) is 0 Å². The van der Waals surface area contributed by atoms with E-state index in [1.807, 2.05) is 0 Å². The Morgan fingerprint density at radius 2 is 1.70 bits per heavy atom. The number of amides is 1. The normalized spacial score (nSPS) is 26.3. The molecule has 0 radical (unpaired) electrons. The second-order valence-electron chi connectivity index (χ2n) is 5.94. The van der Waals surface area contributed by atoms with Crippen LogP contribution in [0.1, 0.15) is 43.5 Å². The SMILES string of the molecule is CC1CC(C)CC(NC(=O)c2cc(F)c(F)cc2N)C1. The molecular formula is C15H20F2N2O. The highest BCUT2D eigenvalue weighted by Gasteiger charge is 2.26. The van der Waals surface area contributed by atoms with Crippen molar-refractivity contribution in [3.8, 4) is 0 Å². The fraction of sp³-hybridized carbons (Fsp3) is 0.533. The van der Waals surface area contributed by atoms with Crippen LogP contribution in [0.15, 0.2) is 12.1 Å². The third-order valence-electron chi connectivity index (χ3n) is 3.85. The summed E-state index contributed by atoms with van der Waals surface area (Å²) in [5.41, 5.74) is 5.54. The van der Waals surface area contributed by atoms with E-state index >= 15 is 0 Å². The number of benzene rings is 1. The van der Waals surface area contributed by atoms with Crippen molar-refractivity contribution in [2.24, 2.45) is 11.8 Å². The van der Waals surface area contributed by atoms with E-state index in [-0.39, 0.29) is 17.3 Å². The zero-order chi connectivity index (χ0) is 14.9. The maximum atomic E-state index is 13.2. The molecule has 1 fully saturated rings. The zero-order valence-corrected chi connectivity index (χ0v) is 11.7. The molecule has 0 aromatic heterocycles. The summed E-state index contributed by atoms with van der Waals surface area (Å²) in [5.74, 6) is -1.45. The van der Waals surface area contributed by atoms with Crippen LogP contribution in [0.5, 0.6) is 0 Å². The molecule has 0 bridgehead atoms. The van der Waals surface area contributed by atoms with Gasteiger partial charge < -0.3 is 11.1 Å². The minimum absolute atomic E-state index is 0.00483. The molecule has 1 aliphatic rings. The molecule has 1 amide bonds. The third kappa shape index (κ3) is 3.26. The maximum Gasteiger partial charge on any atom is 0.253 e. The van der Waals surface area contributed by atoms with Gasteiger partial charge in [-0.25, -0.2) is 8.78 Å². The van der Waals surface area contributed by atoms with E-state index in [1.54, 1.807) is 0 Å². The first-order chi connectivity index (χ1) is 9.36. The van der Waals surface area contributed by atoms with Crippen LogP contribution in [0, 0.1) is 23.5 Å². The van der Waals surface area contributed by atoms with Gasteiger partial charge in [0.1, 0.15) is 0 Å². The van der Waals surface area contributed by atoms with Gasteiger partial charge >= 0.3 is 0 Å². The summed E-state index contributed by atoms with van der Waals surface area (Å²) in [4.78, 5) is 12.1. The number of hydrogen-bond donors (Lipinski definition) is 2. The minimum Gasteiger partial charge on any atom is -0.398 e. The molecule has 5 heteroatoms. The number of nitrogens with two attached hydrogens (primary N) is 1. The molecule has 3 N–H and O–H groups in total. The van der Waals surface area contributed by atoms with Crippen molar-refractivity contribution >= 4 is 11.6 Å². The van der Waals surface area contributed by atoms with Crippen LogP contribution >= 0.6 is 0 Å². The number of carbonyl (C=O) groups excluding carboxylic acids is 1. The summed E-state index contributed by atoms with van der Waals surface area (Å²) in [6.45, 7) is 4.31. The van der Waals surface area contributed by atoms with Crippen molar-refractivity contribution in [3.63, 3.8) is 0 Å². The first-order valence-electron chi connectivity index (χ1n) is 6.92. The quantitative estimate of drug-likeness (QED) is 0.819. The molecule has 1 saturated carbocycles. The topological polar surface area (TPSA) is 55.1 Å². The monoisotopic (exact) mass is 282 g/mol. The van der Waals surface area contributed by atoms with Gasteiger partial charge in [0.05, 0.1) is 5.56 Å². The Morgan fingerprint density at radius 1 is 1.15 bits per heavy atom. The summed E-state index contributed by atoms with van der Waals surface area (Å²) in [7, 11) is 0. The highest BCUT2D eigenvalue weighted by Crippen LogP contribution is 2.29. The van der Waals surface area contributed by atoms with Gasteiger partial charge in [-0.15, -0.1) is 0 Å². The van der Waals surface area contributed by atoms with Crippen molar-refractivity contribution in [1.82, 2.24) is 5.32 Å². The molecule has 110 valence electrons. The predicted octanol–water partition coefficient (Wildman–Crippen LogP) is 3.10. The standard InChI is InChI=1S/C15H20F2N2O/c1-8-3-9(2)5-10(4-8)19-15(20)11-6-12(16)13(17)7-14(11)18/h6-10H,3-5,18H2,1-2H3,(H,19,20). The molecule has 0 heterocycles. The lowest BCUT2D eigenvalue weighted by Crippen LogP contribution is -2.40. The van der Waals surface area contributed by atoms with Gasteiger partial charge in [0.15, 0.2) is 11.6 Å². The van der Waals surface area contributed by atoms with Gasteiger partial charge in [0.2, 0.25) is 0 Å². The Bertz CT molecular complexity index is 509. The summed E-state index contributed by atoms with van der Waals surface area (Å²) in [6, 6.07) is 1.76. The Balaban J connectivity index is 2.10. The largest absolute Gasteiger partial charge is 0.398 e. The second kappa shape index (κ2) is 5.77. The molecule has 3 nitrogen and oxygen atoms in total. The van der Waals surface area contributed by atoms with Crippen LogP contribution in [-0.4, -0.2) is 11.9 Å². The number of hydrogen-bond acceptors (Lipinski definition) is 2. The smallest absolute Gasteiger partial charge is 0.253 e. The summed E-state index contributed by atoms with van der Waals surface area (Å²) < 4.78 is 26.2. The van der Waals surface area contributed by atoms with Gasteiger partial charge in [0.25, 0.3) is 5.91 Å². The molecule has 0 saturated heterocycles. The average Bonchev–Trinajstić information content (AvgIpc) is 2.32. The van der Waals surface area contributed by atoms with Crippen LogP contribution in [0.4, 0.5) is 14.5 Å². The molecule has 0 aliphatic heterocycles. The van der Waals surface area contributed by atoms with Crippen LogP contribution in [0.3, 0.4) is 0 Å². The Kier molecular flexibility index (Phi) is 4.26. The molecule has 2 unspecified atom stereocenters. The summed E-state index contributed by atoms with van der Waals surface area (Å²) in [6.07, 6.45) is 2.96. The summed E-state index contributed by atoms with van der Waals surface area (Å²) in [5, 5.41) is 2.88. The van der Waals surface area contributed by atoms with Crippen LogP contribution in [0.2, 0.25) is 0 Å². The Morgan fingerprint density at radius 3 is 2.30 bits per heavy atom. The number of anilines is 1. The molecule has 20 heavy (non-hydrogen) atoms. The van der Waals surface area contributed by atoms with E-state index < -0.39 is 17.5 Å². The van der Waals surface area contributed by atoms with Crippen LogP contribution in [0.25, 0.3) is 0 Å². The van der Waals surface area contributed by atoms with E-state index in [9.17, 15) is 13.6 Å². The van der Waals surface area contributed by atoms with Crippen LogP contribution < -0.4 is 11.1 Å². The lowest BCUT2D eigenvalue weighted by Gasteiger charge is -2.32. The molecule has 1 aromatic carbocycles. The van der Waals surface area contributed by atoms with Crippen molar-refractivity contribution in [3.05, 3.63) is 29.3 Å². The Hall–Kier alpha value is -1.65. The number of nitrogens with one attached hydrogen (secondary N) is 1. The third-order valence-corrected chi connectivity index (χ3v) is 3.85. The van der Waals surface area contributed by atoms with Gasteiger partial charge in [-0.3, -0.25) is 4.79 Å². The average molecular weight is 282 g/mol. The van der Waals surface area contributed by atoms with Crippen LogP contribution in [-0.2, 0) is 0 Å². The second-order valence-corrected chi connectivity index (χ2v) is 5.94. The van der Waals surface area contributed by atoms with Crippen molar-refractivity contribution < 1.29 is 13.6 Å². The highest BCUT2D eigenvalue weighted by atomic mass is 19.2. The molecule has 2 rings (SSSR count). The molecule has 1 aromatic rings. The molecule has 1 aliphatic carbocycles. The maximum absolute atomic E-state index is 13.2. The number of halogens is 2. The lowest BCUT2D eigenvalue weighted by molar-refractivity contribution is 0.0911. The van der Waals surface area contributed by atoms with Crippen molar-refractivity contribution in [2.75, 3.05) is 5.73 Å². The molecule has 2 atom stereocenters. The van der Waals surface area contributed by atoms with E-state index in [4.69, 9.17) is 5.73 Å². The highest BCUT2D eigenvalue weighted by molar-refractivity contribution is 5.99. The number of carbonyl (C=O) groups is 1. The number of rotatable bonds is 2. The van der Waals surface area contributed by atoms with E-state index in [2.05, 4.69) is 19.2 Å². The molecule has 0 spiro atoms.